The first-order valence-corrected chi connectivity index (χ1v) is 8.12. The summed E-state index contributed by atoms with van der Waals surface area (Å²) in [4.78, 5) is 18.7. The fourth-order valence-electron chi connectivity index (χ4n) is 3.16. The van der Waals surface area contributed by atoms with E-state index in [-0.39, 0.29) is 11.9 Å². The van der Waals surface area contributed by atoms with E-state index in [1.165, 1.54) is 6.42 Å². The molecule has 0 aromatic carbocycles. The van der Waals surface area contributed by atoms with Crippen molar-refractivity contribution in [2.45, 2.75) is 51.4 Å². The average molecular weight is 317 g/mol. The summed E-state index contributed by atoms with van der Waals surface area (Å²) in [5.74, 6) is 0.801. The van der Waals surface area contributed by atoms with E-state index in [0.717, 1.165) is 31.7 Å². The van der Waals surface area contributed by atoms with Crippen molar-refractivity contribution in [3.05, 3.63) is 36.8 Å². The first-order chi connectivity index (χ1) is 11.2. The molecule has 1 aliphatic heterocycles. The van der Waals surface area contributed by atoms with Gasteiger partial charge in [0.1, 0.15) is 18.4 Å². The SMILES string of the molecule is C[C@H](C(=O)NCc1ccco1)N1CCCC[C@H]1Cn1cncn1. The zero-order valence-corrected chi connectivity index (χ0v) is 13.4. The van der Waals surface area contributed by atoms with Gasteiger partial charge in [-0.1, -0.05) is 6.42 Å². The van der Waals surface area contributed by atoms with Gasteiger partial charge >= 0.3 is 0 Å². The van der Waals surface area contributed by atoms with Gasteiger partial charge in [0.2, 0.25) is 5.91 Å². The zero-order chi connectivity index (χ0) is 16.1. The van der Waals surface area contributed by atoms with E-state index < -0.39 is 0 Å². The Morgan fingerprint density at radius 2 is 2.43 bits per heavy atom. The van der Waals surface area contributed by atoms with Crippen molar-refractivity contribution in [3.8, 4) is 0 Å². The number of amides is 1. The van der Waals surface area contributed by atoms with E-state index in [4.69, 9.17) is 4.42 Å². The predicted molar refractivity (Wildman–Crippen MR) is 84.4 cm³/mol. The number of likely N-dealkylation sites (tertiary alicyclic amines) is 1. The van der Waals surface area contributed by atoms with Crippen LogP contribution in [0.3, 0.4) is 0 Å². The normalized spacial score (nSPS) is 20.3. The summed E-state index contributed by atoms with van der Waals surface area (Å²) in [5, 5.41) is 7.14. The Bertz CT molecular complexity index is 596. The predicted octanol–water partition coefficient (Wildman–Crippen LogP) is 1.43. The van der Waals surface area contributed by atoms with Crippen LogP contribution in [-0.2, 0) is 17.9 Å². The number of carbonyl (C=O) groups excluding carboxylic acids is 1. The Kier molecular flexibility index (Phi) is 5.07. The summed E-state index contributed by atoms with van der Waals surface area (Å²) >= 11 is 0. The Morgan fingerprint density at radius 3 is 3.17 bits per heavy atom. The highest BCUT2D eigenvalue weighted by Gasteiger charge is 2.30. The van der Waals surface area contributed by atoms with Crippen LogP contribution < -0.4 is 5.32 Å². The van der Waals surface area contributed by atoms with Gasteiger partial charge in [-0.2, -0.15) is 5.10 Å². The number of piperidine rings is 1. The van der Waals surface area contributed by atoms with Gasteiger partial charge in [-0.05, 0) is 38.4 Å². The molecule has 1 fully saturated rings. The Balaban J connectivity index is 1.58. The Morgan fingerprint density at radius 1 is 1.52 bits per heavy atom. The van der Waals surface area contributed by atoms with Crippen molar-refractivity contribution in [1.29, 1.82) is 0 Å². The molecular weight excluding hydrogens is 294 g/mol. The van der Waals surface area contributed by atoms with Crippen LogP contribution in [0.4, 0.5) is 0 Å². The molecule has 2 aromatic rings. The molecule has 124 valence electrons. The summed E-state index contributed by atoms with van der Waals surface area (Å²) in [6, 6.07) is 3.83. The summed E-state index contributed by atoms with van der Waals surface area (Å²) in [7, 11) is 0. The number of nitrogens with one attached hydrogen (secondary N) is 1. The van der Waals surface area contributed by atoms with Crippen molar-refractivity contribution in [2.24, 2.45) is 0 Å². The largest absolute Gasteiger partial charge is 0.467 e. The van der Waals surface area contributed by atoms with Crippen LogP contribution in [0.15, 0.2) is 35.5 Å². The lowest BCUT2D eigenvalue weighted by atomic mass is 9.99. The number of hydrogen-bond donors (Lipinski definition) is 1. The molecule has 0 unspecified atom stereocenters. The number of furan rings is 1. The van der Waals surface area contributed by atoms with Gasteiger partial charge in [-0.3, -0.25) is 14.4 Å². The molecule has 0 bridgehead atoms. The summed E-state index contributed by atoms with van der Waals surface area (Å²) in [6.45, 7) is 4.11. The molecule has 3 rings (SSSR count). The van der Waals surface area contributed by atoms with Gasteiger partial charge < -0.3 is 9.73 Å². The van der Waals surface area contributed by atoms with Gasteiger partial charge in [-0.25, -0.2) is 4.98 Å². The van der Waals surface area contributed by atoms with Crippen molar-refractivity contribution in [1.82, 2.24) is 25.0 Å². The van der Waals surface area contributed by atoms with E-state index >= 15 is 0 Å². The molecule has 3 heterocycles. The van der Waals surface area contributed by atoms with E-state index in [2.05, 4.69) is 20.3 Å². The maximum absolute atomic E-state index is 12.5. The zero-order valence-electron chi connectivity index (χ0n) is 13.4. The highest BCUT2D eigenvalue weighted by molar-refractivity contribution is 5.81. The molecular formula is C16H23N5O2. The molecule has 0 spiro atoms. The van der Waals surface area contributed by atoms with Gasteiger partial charge in [0, 0.05) is 6.04 Å². The molecule has 2 aromatic heterocycles. The van der Waals surface area contributed by atoms with Gasteiger partial charge in [0.05, 0.1) is 25.4 Å². The second-order valence-corrected chi connectivity index (χ2v) is 5.98. The van der Waals surface area contributed by atoms with Crippen LogP contribution in [0, 0.1) is 0 Å². The second kappa shape index (κ2) is 7.41. The minimum Gasteiger partial charge on any atom is -0.467 e. The molecule has 1 amide bonds. The number of nitrogens with zero attached hydrogens (tertiary/aromatic N) is 4. The van der Waals surface area contributed by atoms with Crippen LogP contribution in [0.5, 0.6) is 0 Å². The molecule has 7 nitrogen and oxygen atoms in total. The van der Waals surface area contributed by atoms with Crippen LogP contribution >= 0.6 is 0 Å². The third-order valence-electron chi connectivity index (χ3n) is 4.43. The number of aromatic nitrogens is 3. The molecule has 0 radical (unpaired) electrons. The van der Waals surface area contributed by atoms with Crippen molar-refractivity contribution >= 4 is 5.91 Å². The highest BCUT2D eigenvalue weighted by atomic mass is 16.3. The lowest BCUT2D eigenvalue weighted by molar-refractivity contribution is -0.127. The highest BCUT2D eigenvalue weighted by Crippen LogP contribution is 2.21. The number of carbonyl (C=O) groups is 1. The average Bonchev–Trinajstić information content (AvgIpc) is 3.26. The first-order valence-electron chi connectivity index (χ1n) is 8.12. The van der Waals surface area contributed by atoms with Gasteiger partial charge in [-0.15, -0.1) is 0 Å². The quantitative estimate of drug-likeness (QED) is 0.872. The van der Waals surface area contributed by atoms with Crippen LogP contribution in [0.1, 0.15) is 31.9 Å². The fraction of sp³-hybridized carbons (Fsp3) is 0.562. The Labute approximate surface area is 135 Å². The van der Waals surface area contributed by atoms with Crippen molar-refractivity contribution in [2.75, 3.05) is 6.54 Å². The molecule has 1 aliphatic rings. The van der Waals surface area contributed by atoms with Crippen LogP contribution in [0.25, 0.3) is 0 Å². The van der Waals surface area contributed by atoms with Crippen LogP contribution in [0.2, 0.25) is 0 Å². The smallest absolute Gasteiger partial charge is 0.237 e. The summed E-state index contributed by atoms with van der Waals surface area (Å²) in [5.41, 5.74) is 0. The van der Waals surface area contributed by atoms with Gasteiger partial charge in [0.15, 0.2) is 0 Å². The Hall–Kier alpha value is -2.15. The van der Waals surface area contributed by atoms with Crippen LogP contribution in [-0.4, -0.2) is 44.2 Å². The number of rotatable bonds is 6. The number of hydrogen-bond acceptors (Lipinski definition) is 5. The third-order valence-corrected chi connectivity index (χ3v) is 4.43. The van der Waals surface area contributed by atoms with E-state index in [0.29, 0.717) is 12.6 Å². The summed E-state index contributed by atoms with van der Waals surface area (Å²) < 4.78 is 7.10. The molecule has 23 heavy (non-hydrogen) atoms. The van der Waals surface area contributed by atoms with E-state index in [9.17, 15) is 4.79 Å². The lowest BCUT2D eigenvalue weighted by Crippen LogP contribution is -2.52. The molecule has 7 heteroatoms. The fourth-order valence-corrected chi connectivity index (χ4v) is 3.16. The third kappa shape index (κ3) is 3.98. The van der Waals surface area contributed by atoms with E-state index in [1.807, 2.05) is 23.7 Å². The monoisotopic (exact) mass is 317 g/mol. The lowest BCUT2D eigenvalue weighted by Gasteiger charge is -2.39. The minimum atomic E-state index is -0.168. The molecule has 1 N–H and O–H groups in total. The van der Waals surface area contributed by atoms with Crippen molar-refractivity contribution < 1.29 is 9.21 Å². The molecule has 2 atom stereocenters. The summed E-state index contributed by atoms with van der Waals surface area (Å²) in [6.07, 6.45) is 8.29. The first kappa shape index (κ1) is 15.7. The minimum absolute atomic E-state index is 0.0342. The molecule has 1 saturated heterocycles. The topological polar surface area (TPSA) is 76.2 Å². The van der Waals surface area contributed by atoms with E-state index in [1.54, 1.807) is 18.9 Å². The van der Waals surface area contributed by atoms with Gasteiger partial charge in [0.25, 0.3) is 0 Å². The van der Waals surface area contributed by atoms with Crippen molar-refractivity contribution in [3.63, 3.8) is 0 Å². The maximum Gasteiger partial charge on any atom is 0.237 e. The second-order valence-electron chi connectivity index (χ2n) is 5.98. The maximum atomic E-state index is 12.5. The molecule has 0 saturated carbocycles. The standard InChI is InChI=1S/C16H23N5O2/c1-13(16(22)18-9-15-6-4-8-23-15)21-7-3-2-5-14(21)10-20-12-17-11-19-20/h4,6,8,11-14H,2-3,5,7,9-10H2,1H3,(H,18,22)/t13-,14+/m1/s1. The molecule has 0 aliphatic carbocycles.